The molecule has 0 unspecified atom stereocenters. The monoisotopic (exact) mass is 397 g/mol. The molecule has 0 aromatic heterocycles. The Morgan fingerprint density at radius 1 is 1.04 bits per heavy atom. The summed E-state index contributed by atoms with van der Waals surface area (Å²) in [6, 6.07) is -1.47. The minimum Gasteiger partial charge on any atom is -0.394 e. The number of carbonyl (C=O) groups excluding carboxylic acids is 1. The van der Waals surface area contributed by atoms with Gasteiger partial charge in [-0.25, -0.2) is 0 Å². The lowest BCUT2D eigenvalue weighted by Crippen LogP contribution is -2.79. The Morgan fingerprint density at radius 3 is 2.11 bits per heavy atom. The zero-order valence-corrected chi connectivity index (χ0v) is 14.9. The number of amides is 1. The van der Waals surface area contributed by atoms with E-state index in [2.05, 4.69) is 5.32 Å². The van der Waals surface area contributed by atoms with Gasteiger partial charge in [-0.1, -0.05) is 0 Å². The van der Waals surface area contributed by atoms with Crippen LogP contribution in [0.4, 0.5) is 0 Å². The first-order chi connectivity index (χ1) is 12.6. The largest absolute Gasteiger partial charge is 0.394 e. The summed E-state index contributed by atoms with van der Waals surface area (Å²) < 4.78 is 15.6. The number of carbonyl (C=O) groups is 1. The van der Waals surface area contributed by atoms with Crippen molar-refractivity contribution in [2.24, 2.45) is 0 Å². The summed E-state index contributed by atoms with van der Waals surface area (Å²) in [5, 5.41) is 73.9. The van der Waals surface area contributed by atoms with Crippen molar-refractivity contribution >= 4 is 5.91 Å². The van der Waals surface area contributed by atoms with Gasteiger partial charge in [-0.3, -0.25) is 4.79 Å². The highest BCUT2D eigenvalue weighted by atomic mass is 16.7. The van der Waals surface area contributed by atoms with Crippen molar-refractivity contribution in [2.75, 3.05) is 20.3 Å². The van der Waals surface area contributed by atoms with Crippen LogP contribution in [-0.2, 0) is 19.0 Å². The van der Waals surface area contributed by atoms with Crippen LogP contribution in [0.25, 0.3) is 0 Å². The Labute approximate surface area is 154 Å². The Bertz CT molecular complexity index is 504. The van der Waals surface area contributed by atoms with Crippen molar-refractivity contribution in [3.05, 3.63) is 0 Å². The first-order valence-electron chi connectivity index (χ1n) is 8.40. The Morgan fingerprint density at radius 2 is 1.63 bits per heavy atom. The molecule has 2 saturated heterocycles. The highest BCUT2D eigenvalue weighted by Gasteiger charge is 2.64. The first kappa shape index (κ1) is 22.4. The fourth-order valence-corrected chi connectivity index (χ4v) is 3.58. The van der Waals surface area contributed by atoms with Gasteiger partial charge in [0, 0.05) is 14.0 Å². The van der Waals surface area contributed by atoms with E-state index in [1.54, 1.807) is 0 Å². The van der Waals surface area contributed by atoms with Gasteiger partial charge in [-0.2, -0.15) is 0 Å². The van der Waals surface area contributed by atoms with E-state index in [1.165, 1.54) is 0 Å². The van der Waals surface area contributed by atoms with Crippen molar-refractivity contribution in [1.82, 2.24) is 5.32 Å². The van der Waals surface area contributed by atoms with Gasteiger partial charge < -0.3 is 55.3 Å². The van der Waals surface area contributed by atoms with Crippen LogP contribution in [-0.4, -0.2) is 123 Å². The molecular formula is C15H27NO11. The third kappa shape index (κ3) is 3.82. The van der Waals surface area contributed by atoms with E-state index in [-0.39, 0.29) is 0 Å². The summed E-state index contributed by atoms with van der Waals surface area (Å²) in [6.07, 6.45) is -13.1. The highest BCUT2D eigenvalue weighted by molar-refractivity contribution is 5.73. The predicted molar refractivity (Wildman–Crippen MR) is 85.1 cm³/mol. The maximum absolute atomic E-state index is 11.5. The van der Waals surface area contributed by atoms with Crippen LogP contribution in [0, 0.1) is 0 Å². The van der Waals surface area contributed by atoms with E-state index in [4.69, 9.17) is 14.2 Å². The smallest absolute Gasteiger partial charge is 0.217 e. The van der Waals surface area contributed by atoms with Gasteiger partial charge in [0.15, 0.2) is 11.9 Å². The number of hydrogen-bond acceptors (Lipinski definition) is 11. The van der Waals surface area contributed by atoms with Crippen LogP contribution < -0.4 is 5.32 Å². The topological polar surface area (TPSA) is 198 Å². The second kappa shape index (κ2) is 8.61. The number of hydrogen-bond donors (Lipinski definition) is 8. The summed E-state index contributed by atoms with van der Waals surface area (Å²) in [7, 11) is 1.16. The van der Waals surface area contributed by atoms with Crippen LogP contribution in [0.15, 0.2) is 0 Å². The van der Waals surface area contributed by atoms with E-state index in [0.717, 1.165) is 14.0 Å². The quantitative estimate of drug-likeness (QED) is 0.220. The molecule has 2 fully saturated rings. The van der Waals surface area contributed by atoms with Crippen LogP contribution in [0.3, 0.4) is 0 Å². The number of ether oxygens (including phenoxy) is 3. The molecule has 27 heavy (non-hydrogen) atoms. The zero-order chi connectivity index (χ0) is 20.5. The molecule has 0 aliphatic carbocycles. The molecule has 2 aliphatic rings. The highest BCUT2D eigenvalue weighted by Crippen LogP contribution is 2.39. The molecule has 2 rings (SSSR count). The summed E-state index contributed by atoms with van der Waals surface area (Å²) in [5.74, 6) is -0.649. The minimum atomic E-state index is -2.60. The second-order valence-corrected chi connectivity index (χ2v) is 6.72. The average Bonchev–Trinajstić information content (AvgIpc) is 2.64. The molecule has 2 aliphatic heterocycles. The van der Waals surface area contributed by atoms with E-state index in [9.17, 15) is 40.5 Å². The summed E-state index contributed by atoms with van der Waals surface area (Å²) in [6.45, 7) is -0.386. The normalized spacial score (nSPS) is 48.3. The number of aliphatic hydroxyl groups is 7. The molecule has 0 saturated carbocycles. The lowest BCUT2D eigenvalue weighted by atomic mass is 9.73. The second-order valence-electron chi connectivity index (χ2n) is 6.72. The Hall–Kier alpha value is -0.930. The maximum Gasteiger partial charge on any atom is 0.217 e. The third-order valence-corrected chi connectivity index (χ3v) is 5.03. The molecular weight excluding hydrogens is 370 g/mol. The lowest BCUT2D eigenvalue weighted by Gasteiger charge is -2.55. The van der Waals surface area contributed by atoms with Gasteiger partial charge >= 0.3 is 0 Å². The lowest BCUT2D eigenvalue weighted by molar-refractivity contribution is -0.362. The molecule has 0 spiro atoms. The molecule has 0 radical (unpaired) electrons. The van der Waals surface area contributed by atoms with Crippen molar-refractivity contribution in [1.29, 1.82) is 0 Å². The van der Waals surface area contributed by atoms with Gasteiger partial charge in [-0.05, 0) is 0 Å². The summed E-state index contributed by atoms with van der Waals surface area (Å²) >= 11 is 0. The standard InChI is InChI=1S/C15H27NO11/c1-5(19)16-8-10(21)9(20)6(3-17)26-13(8)15(24)11(22)7(4-18)27-14(25-2)12(15)23/h6-14,17-18,20-24H,3-4H2,1-2H3,(H,16,19)/t6-,7-,8+,9+,10-,11+,12+,13-,14+,15+/m1/s1. The van der Waals surface area contributed by atoms with E-state index in [1.807, 2.05) is 0 Å². The first-order valence-corrected chi connectivity index (χ1v) is 8.40. The molecule has 2 heterocycles. The van der Waals surface area contributed by atoms with Crippen LogP contribution in [0.1, 0.15) is 6.92 Å². The maximum atomic E-state index is 11.5. The van der Waals surface area contributed by atoms with Gasteiger partial charge in [0.25, 0.3) is 0 Å². The van der Waals surface area contributed by atoms with E-state index >= 15 is 0 Å². The summed E-state index contributed by atoms with van der Waals surface area (Å²) in [4.78, 5) is 11.5. The summed E-state index contributed by atoms with van der Waals surface area (Å²) in [5.41, 5.74) is -2.60. The van der Waals surface area contributed by atoms with Crippen molar-refractivity contribution in [2.45, 2.75) is 67.6 Å². The van der Waals surface area contributed by atoms with Gasteiger partial charge in [0.1, 0.15) is 42.7 Å². The molecule has 10 atom stereocenters. The minimum absolute atomic E-state index is 0.649. The molecule has 1 amide bonds. The van der Waals surface area contributed by atoms with Crippen molar-refractivity contribution < 1.29 is 54.8 Å². The van der Waals surface area contributed by atoms with Gasteiger partial charge in [0.05, 0.1) is 19.3 Å². The molecule has 158 valence electrons. The molecule has 12 nitrogen and oxygen atoms in total. The fourth-order valence-electron chi connectivity index (χ4n) is 3.58. The van der Waals surface area contributed by atoms with Crippen molar-refractivity contribution in [3.63, 3.8) is 0 Å². The fraction of sp³-hybridized carbons (Fsp3) is 0.933. The molecule has 0 aromatic carbocycles. The van der Waals surface area contributed by atoms with Crippen LogP contribution >= 0.6 is 0 Å². The Kier molecular flexibility index (Phi) is 7.13. The average molecular weight is 397 g/mol. The van der Waals surface area contributed by atoms with Crippen LogP contribution in [0.5, 0.6) is 0 Å². The zero-order valence-electron chi connectivity index (χ0n) is 14.9. The molecule has 12 heteroatoms. The number of rotatable bonds is 5. The predicted octanol–water partition coefficient (Wildman–Crippen LogP) is -5.21. The molecule has 8 N–H and O–H groups in total. The van der Waals surface area contributed by atoms with Gasteiger partial charge in [0.2, 0.25) is 5.91 Å². The number of methoxy groups -OCH3 is 1. The SMILES string of the molecule is CO[C@H]1O[C@H](CO)[C@H](O)[C@@](O)([C@@H]2O[C@H](CO)[C@H](O)[C@H](O)[C@@H]2NC(C)=O)[C@H]1O. The van der Waals surface area contributed by atoms with E-state index in [0.29, 0.717) is 0 Å². The number of aliphatic hydroxyl groups excluding tert-OH is 6. The van der Waals surface area contributed by atoms with E-state index < -0.39 is 79.8 Å². The third-order valence-electron chi connectivity index (χ3n) is 5.03. The van der Waals surface area contributed by atoms with Gasteiger partial charge in [-0.15, -0.1) is 0 Å². The van der Waals surface area contributed by atoms with Crippen LogP contribution in [0.2, 0.25) is 0 Å². The molecule has 0 aromatic rings. The Balaban J connectivity index is 2.50. The molecule has 0 bridgehead atoms. The van der Waals surface area contributed by atoms with Crippen molar-refractivity contribution in [3.8, 4) is 0 Å². The number of nitrogens with one attached hydrogen (secondary N) is 1.